The number of aliphatic carboxylic acids is 1. The van der Waals surface area contributed by atoms with Gasteiger partial charge in [-0.1, -0.05) is 17.7 Å². The maximum absolute atomic E-state index is 12.3. The lowest BCUT2D eigenvalue weighted by atomic mass is 10.2. The Morgan fingerprint density at radius 2 is 2.00 bits per heavy atom. The number of halogens is 3. The number of hydrogen-bond donors (Lipinski definition) is 2. The van der Waals surface area contributed by atoms with Gasteiger partial charge in [0.15, 0.2) is 11.8 Å². The van der Waals surface area contributed by atoms with Crippen molar-refractivity contribution in [2.75, 3.05) is 6.61 Å². The van der Waals surface area contributed by atoms with Crippen LogP contribution in [0.3, 0.4) is 0 Å². The SMILES string of the molecule is O=C(O)COc1c(I)cc(/C=C2\SC(=Nc3cccc(Cl)c3)NC2=O)cc1I. The number of hydrogen-bond acceptors (Lipinski definition) is 5. The number of nitrogens with one attached hydrogen (secondary N) is 1. The Morgan fingerprint density at radius 1 is 1.29 bits per heavy atom. The van der Waals surface area contributed by atoms with Crippen LogP contribution in [0.5, 0.6) is 5.75 Å². The molecule has 1 aliphatic rings. The zero-order valence-corrected chi connectivity index (χ0v) is 19.8. The van der Waals surface area contributed by atoms with Crippen LogP contribution in [-0.2, 0) is 9.59 Å². The molecule has 3 rings (SSSR count). The van der Waals surface area contributed by atoms with Crippen molar-refractivity contribution in [1.29, 1.82) is 0 Å². The molecule has 6 nitrogen and oxygen atoms in total. The average Bonchev–Trinajstić information content (AvgIpc) is 2.93. The molecule has 0 atom stereocenters. The number of amidine groups is 1. The molecule has 0 aromatic heterocycles. The predicted molar refractivity (Wildman–Crippen MR) is 127 cm³/mol. The number of carboxylic acids is 1. The average molecular weight is 641 g/mol. The molecule has 1 aliphatic heterocycles. The highest BCUT2D eigenvalue weighted by Crippen LogP contribution is 2.33. The molecule has 28 heavy (non-hydrogen) atoms. The van der Waals surface area contributed by atoms with Crippen molar-refractivity contribution >= 4 is 97.4 Å². The molecule has 10 heteroatoms. The van der Waals surface area contributed by atoms with E-state index in [1.165, 1.54) is 11.8 Å². The van der Waals surface area contributed by atoms with Crippen molar-refractivity contribution in [1.82, 2.24) is 5.32 Å². The Kier molecular flexibility index (Phi) is 7.23. The summed E-state index contributed by atoms with van der Waals surface area (Å²) in [6.45, 7) is -0.409. The van der Waals surface area contributed by atoms with Gasteiger partial charge in [-0.05, 0) is 98.9 Å². The van der Waals surface area contributed by atoms with Crippen LogP contribution in [-0.4, -0.2) is 28.8 Å². The molecule has 2 aromatic rings. The van der Waals surface area contributed by atoms with Crippen molar-refractivity contribution in [3.05, 3.63) is 59.0 Å². The Labute approximate surface area is 197 Å². The Hall–Kier alpha value is -1.31. The van der Waals surface area contributed by atoms with E-state index in [-0.39, 0.29) is 5.91 Å². The number of rotatable bonds is 5. The summed E-state index contributed by atoms with van der Waals surface area (Å²) in [6, 6.07) is 10.7. The van der Waals surface area contributed by atoms with Crippen LogP contribution >= 0.6 is 68.5 Å². The van der Waals surface area contributed by atoms with Crippen LogP contribution < -0.4 is 10.1 Å². The number of amides is 1. The van der Waals surface area contributed by atoms with Crippen LogP contribution in [0.4, 0.5) is 5.69 Å². The van der Waals surface area contributed by atoms with E-state index in [0.29, 0.717) is 26.5 Å². The molecule has 144 valence electrons. The fraction of sp³-hybridized carbons (Fsp3) is 0.0556. The molecule has 0 saturated carbocycles. The Bertz CT molecular complexity index is 1000. The summed E-state index contributed by atoms with van der Waals surface area (Å²) < 4.78 is 6.83. The lowest BCUT2D eigenvalue weighted by Gasteiger charge is -2.09. The van der Waals surface area contributed by atoms with E-state index in [1.54, 1.807) is 30.3 Å². The summed E-state index contributed by atoms with van der Waals surface area (Å²) in [7, 11) is 0. The second-order valence-corrected chi connectivity index (χ2v) is 9.25. The number of carboxylic acid groups (broad SMARTS) is 1. The van der Waals surface area contributed by atoms with E-state index in [0.717, 1.165) is 12.7 Å². The van der Waals surface area contributed by atoms with Crippen LogP contribution in [0, 0.1) is 7.14 Å². The second-order valence-electron chi connectivity index (χ2n) is 5.46. The van der Waals surface area contributed by atoms with Crippen LogP contribution in [0.2, 0.25) is 5.02 Å². The molecule has 2 N–H and O–H groups in total. The minimum absolute atomic E-state index is 0.234. The zero-order valence-electron chi connectivity index (χ0n) is 13.9. The molecule has 1 fully saturated rings. The van der Waals surface area contributed by atoms with Gasteiger partial charge in [-0.2, -0.15) is 0 Å². The lowest BCUT2D eigenvalue weighted by Crippen LogP contribution is -2.19. The molecule has 0 spiro atoms. The maximum atomic E-state index is 12.3. The summed E-state index contributed by atoms with van der Waals surface area (Å²) >= 11 is 11.3. The first-order valence-electron chi connectivity index (χ1n) is 7.70. The number of carbonyl (C=O) groups excluding carboxylic acids is 1. The van der Waals surface area contributed by atoms with Crippen LogP contribution in [0.15, 0.2) is 46.3 Å². The summed E-state index contributed by atoms with van der Waals surface area (Å²) in [5.41, 5.74) is 1.46. The summed E-state index contributed by atoms with van der Waals surface area (Å²) in [5, 5.41) is 12.6. The first kappa shape index (κ1) is 21.4. The molecule has 2 aromatic carbocycles. The highest BCUT2D eigenvalue weighted by Gasteiger charge is 2.24. The smallest absolute Gasteiger partial charge is 0.341 e. The number of aliphatic imine (C=N–C) groups is 1. The number of ether oxygens (including phenoxy) is 1. The molecular formula is C18H11ClI2N2O4S. The normalized spacial score (nSPS) is 16.5. The third-order valence-corrected chi connectivity index (χ3v) is 6.10. The van der Waals surface area contributed by atoms with Gasteiger partial charge in [0.1, 0.15) is 5.75 Å². The van der Waals surface area contributed by atoms with Crippen LogP contribution in [0.25, 0.3) is 6.08 Å². The zero-order chi connectivity index (χ0) is 20.3. The van der Waals surface area contributed by atoms with Gasteiger partial charge in [0.05, 0.1) is 17.7 Å². The molecular weight excluding hydrogens is 630 g/mol. The molecule has 1 heterocycles. The molecule has 1 saturated heterocycles. The number of benzene rings is 2. The van der Waals surface area contributed by atoms with Gasteiger partial charge in [0.2, 0.25) is 0 Å². The Balaban J connectivity index is 1.81. The summed E-state index contributed by atoms with van der Waals surface area (Å²) in [5.74, 6) is -0.761. The molecule has 0 radical (unpaired) electrons. The van der Waals surface area contributed by atoms with E-state index in [2.05, 4.69) is 55.5 Å². The van der Waals surface area contributed by atoms with Gasteiger partial charge in [0.25, 0.3) is 5.91 Å². The van der Waals surface area contributed by atoms with Gasteiger partial charge in [-0.25, -0.2) is 9.79 Å². The van der Waals surface area contributed by atoms with E-state index in [9.17, 15) is 9.59 Å². The molecule has 0 bridgehead atoms. The highest BCUT2D eigenvalue weighted by atomic mass is 127. The van der Waals surface area contributed by atoms with Crippen LogP contribution in [0.1, 0.15) is 5.56 Å². The molecule has 1 amide bonds. The summed E-state index contributed by atoms with van der Waals surface area (Å²) in [6.07, 6.45) is 1.76. The highest BCUT2D eigenvalue weighted by molar-refractivity contribution is 14.1. The van der Waals surface area contributed by atoms with E-state index >= 15 is 0 Å². The minimum atomic E-state index is -1.04. The van der Waals surface area contributed by atoms with Gasteiger partial charge >= 0.3 is 5.97 Å². The van der Waals surface area contributed by atoms with Gasteiger partial charge in [0, 0.05) is 5.02 Å². The number of nitrogens with zero attached hydrogens (tertiary/aromatic N) is 1. The van der Waals surface area contributed by atoms with Crippen molar-refractivity contribution in [2.45, 2.75) is 0 Å². The molecule has 0 unspecified atom stereocenters. The third kappa shape index (κ3) is 5.61. The topological polar surface area (TPSA) is 88.0 Å². The van der Waals surface area contributed by atoms with Gasteiger partial charge in [-0.15, -0.1) is 0 Å². The fourth-order valence-corrected chi connectivity index (χ4v) is 5.38. The monoisotopic (exact) mass is 640 g/mol. The van der Waals surface area contributed by atoms with E-state index in [4.69, 9.17) is 21.4 Å². The minimum Gasteiger partial charge on any atom is -0.480 e. The third-order valence-electron chi connectivity index (χ3n) is 3.35. The van der Waals surface area contributed by atoms with E-state index in [1.807, 2.05) is 12.1 Å². The standard InChI is InChI=1S/C18H11ClI2N2O4S/c19-10-2-1-3-11(7-10)22-18-23-17(26)14(28-18)6-9-4-12(20)16(13(21)5-9)27-8-15(24)25/h1-7H,8H2,(H,24,25)(H,22,23,26)/b14-6-. The first-order chi connectivity index (χ1) is 13.3. The van der Waals surface area contributed by atoms with E-state index < -0.39 is 12.6 Å². The first-order valence-corrected chi connectivity index (χ1v) is 11.1. The summed E-state index contributed by atoms with van der Waals surface area (Å²) in [4.78, 5) is 27.9. The second kappa shape index (κ2) is 9.46. The van der Waals surface area contributed by atoms with Crippen molar-refractivity contribution in [2.24, 2.45) is 4.99 Å². The van der Waals surface area contributed by atoms with Crippen molar-refractivity contribution in [3.8, 4) is 5.75 Å². The number of carbonyl (C=O) groups is 2. The fourth-order valence-electron chi connectivity index (χ4n) is 2.23. The Morgan fingerprint density at radius 3 is 2.64 bits per heavy atom. The maximum Gasteiger partial charge on any atom is 0.341 e. The van der Waals surface area contributed by atoms with Crippen molar-refractivity contribution in [3.63, 3.8) is 0 Å². The number of thioether (sulfide) groups is 1. The van der Waals surface area contributed by atoms with Gasteiger partial charge in [-0.3, -0.25) is 4.79 Å². The van der Waals surface area contributed by atoms with Gasteiger partial charge < -0.3 is 15.2 Å². The predicted octanol–water partition coefficient (Wildman–Crippen LogP) is 4.90. The molecule has 0 aliphatic carbocycles. The van der Waals surface area contributed by atoms with Crippen molar-refractivity contribution < 1.29 is 19.4 Å². The largest absolute Gasteiger partial charge is 0.480 e. The lowest BCUT2D eigenvalue weighted by molar-refractivity contribution is -0.139. The quantitative estimate of drug-likeness (QED) is 0.359.